The zero-order valence-corrected chi connectivity index (χ0v) is 8.47. The molecule has 14 heavy (non-hydrogen) atoms. The SMILES string of the molecule is NCCN1CCCC1Cn1cccn1. The minimum atomic E-state index is 0.637. The third-order valence-corrected chi connectivity index (χ3v) is 2.87. The van der Waals surface area contributed by atoms with Gasteiger partial charge in [0.05, 0.1) is 6.54 Å². The highest BCUT2D eigenvalue weighted by Gasteiger charge is 2.23. The van der Waals surface area contributed by atoms with Crippen LogP contribution in [0.2, 0.25) is 0 Å². The van der Waals surface area contributed by atoms with Crippen molar-refractivity contribution in [1.29, 1.82) is 0 Å². The molecule has 1 aliphatic rings. The average molecular weight is 194 g/mol. The second-order valence-electron chi connectivity index (χ2n) is 3.85. The second-order valence-corrected chi connectivity index (χ2v) is 3.85. The van der Waals surface area contributed by atoms with Gasteiger partial charge in [-0.05, 0) is 25.5 Å². The van der Waals surface area contributed by atoms with Crippen molar-refractivity contribution in [2.45, 2.75) is 25.4 Å². The summed E-state index contributed by atoms with van der Waals surface area (Å²) in [4.78, 5) is 2.47. The van der Waals surface area contributed by atoms with Crippen molar-refractivity contribution in [3.63, 3.8) is 0 Å². The summed E-state index contributed by atoms with van der Waals surface area (Å²) < 4.78 is 2.01. The van der Waals surface area contributed by atoms with Gasteiger partial charge in [-0.2, -0.15) is 5.10 Å². The fraction of sp³-hybridized carbons (Fsp3) is 0.700. The topological polar surface area (TPSA) is 47.1 Å². The summed E-state index contributed by atoms with van der Waals surface area (Å²) in [5.74, 6) is 0. The number of nitrogens with two attached hydrogens (primary N) is 1. The van der Waals surface area contributed by atoms with Crippen molar-refractivity contribution in [1.82, 2.24) is 14.7 Å². The van der Waals surface area contributed by atoms with Crippen LogP contribution in [0.25, 0.3) is 0 Å². The Bertz CT molecular complexity index is 257. The van der Waals surface area contributed by atoms with Crippen LogP contribution in [0.3, 0.4) is 0 Å². The molecular formula is C10H18N4. The van der Waals surface area contributed by atoms with Gasteiger partial charge >= 0.3 is 0 Å². The number of hydrogen-bond donors (Lipinski definition) is 1. The quantitative estimate of drug-likeness (QED) is 0.750. The van der Waals surface area contributed by atoms with Crippen molar-refractivity contribution in [3.8, 4) is 0 Å². The van der Waals surface area contributed by atoms with Crippen molar-refractivity contribution in [3.05, 3.63) is 18.5 Å². The number of rotatable bonds is 4. The fourth-order valence-corrected chi connectivity index (χ4v) is 2.19. The molecule has 0 amide bonds. The van der Waals surface area contributed by atoms with E-state index in [1.165, 1.54) is 19.4 Å². The molecule has 78 valence electrons. The molecule has 1 fully saturated rings. The first kappa shape index (κ1) is 9.68. The highest BCUT2D eigenvalue weighted by molar-refractivity contribution is 4.83. The molecule has 1 saturated heterocycles. The first-order chi connectivity index (χ1) is 6.90. The minimum Gasteiger partial charge on any atom is -0.329 e. The third-order valence-electron chi connectivity index (χ3n) is 2.87. The van der Waals surface area contributed by atoms with E-state index in [1.54, 1.807) is 0 Å². The first-order valence-corrected chi connectivity index (χ1v) is 5.31. The van der Waals surface area contributed by atoms with Gasteiger partial charge in [0.1, 0.15) is 0 Å². The van der Waals surface area contributed by atoms with Gasteiger partial charge < -0.3 is 5.73 Å². The van der Waals surface area contributed by atoms with Crippen LogP contribution >= 0.6 is 0 Å². The Hall–Kier alpha value is -0.870. The lowest BCUT2D eigenvalue weighted by atomic mass is 10.2. The van der Waals surface area contributed by atoms with Gasteiger partial charge in [-0.3, -0.25) is 9.58 Å². The van der Waals surface area contributed by atoms with Crippen LogP contribution in [0.4, 0.5) is 0 Å². The predicted molar refractivity (Wildman–Crippen MR) is 55.9 cm³/mol. The van der Waals surface area contributed by atoms with Crippen molar-refractivity contribution in [2.24, 2.45) is 5.73 Å². The maximum absolute atomic E-state index is 5.58. The van der Waals surface area contributed by atoms with Crippen molar-refractivity contribution >= 4 is 0 Å². The van der Waals surface area contributed by atoms with Gasteiger partial charge in [0.25, 0.3) is 0 Å². The summed E-state index contributed by atoms with van der Waals surface area (Å²) in [6.07, 6.45) is 6.44. The van der Waals surface area contributed by atoms with E-state index in [0.717, 1.165) is 19.6 Å². The Kier molecular flexibility index (Phi) is 3.16. The van der Waals surface area contributed by atoms with Crippen LogP contribution in [0, 0.1) is 0 Å². The van der Waals surface area contributed by atoms with Crippen LogP contribution in [-0.4, -0.2) is 40.4 Å². The average Bonchev–Trinajstić information content (AvgIpc) is 2.80. The van der Waals surface area contributed by atoms with Gasteiger partial charge in [0.2, 0.25) is 0 Å². The highest BCUT2D eigenvalue weighted by Crippen LogP contribution is 2.17. The lowest BCUT2D eigenvalue weighted by molar-refractivity contribution is 0.233. The third kappa shape index (κ3) is 2.13. The Morgan fingerprint density at radius 3 is 3.14 bits per heavy atom. The smallest absolute Gasteiger partial charge is 0.0564 e. The molecule has 2 heterocycles. The zero-order valence-electron chi connectivity index (χ0n) is 8.47. The van der Waals surface area contributed by atoms with E-state index in [4.69, 9.17) is 5.73 Å². The molecule has 1 aromatic heterocycles. The number of hydrogen-bond acceptors (Lipinski definition) is 3. The zero-order chi connectivity index (χ0) is 9.80. The largest absolute Gasteiger partial charge is 0.329 e. The summed E-state index contributed by atoms with van der Waals surface area (Å²) >= 11 is 0. The standard InChI is InChI=1S/C10H18N4/c11-4-8-13-6-1-3-10(13)9-14-7-2-5-12-14/h2,5,7,10H,1,3-4,6,8-9,11H2. The van der Waals surface area contributed by atoms with Crippen molar-refractivity contribution < 1.29 is 0 Å². The molecule has 0 aromatic carbocycles. The summed E-state index contributed by atoms with van der Waals surface area (Å²) in [5.41, 5.74) is 5.58. The molecule has 2 N–H and O–H groups in total. The number of nitrogens with zero attached hydrogens (tertiary/aromatic N) is 3. The van der Waals surface area contributed by atoms with Gasteiger partial charge in [0, 0.05) is 31.5 Å². The van der Waals surface area contributed by atoms with Gasteiger partial charge in [-0.1, -0.05) is 0 Å². The van der Waals surface area contributed by atoms with Crippen LogP contribution < -0.4 is 5.73 Å². The first-order valence-electron chi connectivity index (χ1n) is 5.31. The molecular weight excluding hydrogens is 176 g/mol. The maximum Gasteiger partial charge on any atom is 0.0564 e. The van der Waals surface area contributed by atoms with Crippen LogP contribution in [-0.2, 0) is 6.54 Å². The molecule has 1 aliphatic heterocycles. The van der Waals surface area contributed by atoms with Gasteiger partial charge in [-0.15, -0.1) is 0 Å². The Morgan fingerprint density at radius 1 is 1.50 bits per heavy atom. The van der Waals surface area contributed by atoms with E-state index in [0.29, 0.717) is 6.04 Å². The summed E-state index contributed by atoms with van der Waals surface area (Å²) in [5, 5.41) is 4.23. The molecule has 4 heteroatoms. The van der Waals surface area contributed by atoms with E-state index in [-0.39, 0.29) is 0 Å². The number of aromatic nitrogens is 2. The molecule has 1 atom stereocenters. The van der Waals surface area contributed by atoms with E-state index in [1.807, 2.05) is 23.1 Å². The van der Waals surface area contributed by atoms with E-state index >= 15 is 0 Å². The van der Waals surface area contributed by atoms with Crippen LogP contribution in [0.5, 0.6) is 0 Å². The molecule has 0 saturated carbocycles. The molecule has 0 spiro atoms. The molecule has 0 radical (unpaired) electrons. The lowest BCUT2D eigenvalue weighted by Crippen LogP contribution is -2.36. The van der Waals surface area contributed by atoms with E-state index in [9.17, 15) is 0 Å². The molecule has 1 aromatic rings. The highest BCUT2D eigenvalue weighted by atomic mass is 15.3. The van der Waals surface area contributed by atoms with Crippen LogP contribution in [0.1, 0.15) is 12.8 Å². The van der Waals surface area contributed by atoms with Gasteiger partial charge in [-0.25, -0.2) is 0 Å². The molecule has 0 bridgehead atoms. The molecule has 0 aliphatic carbocycles. The second kappa shape index (κ2) is 4.57. The Labute approximate surface area is 84.7 Å². The van der Waals surface area contributed by atoms with Gasteiger partial charge in [0.15, 0.2) is 0 Å². The Morgan fingerprint density at radius 2 is 2.43 bits per heavy atom. The molecule has 4 nitrogen and oxygen atoms in total. The summed E-state index contributed by atoms with van der Waals surface area (Å²) in [6, 6.07) is 2.61. The Balaban J connectivity index is 1.90. The maximum atomic E-state index is 5.58. The van der Waals surface area contributed by atoms with Crippen LogP contribution in [0.15, 0.2) is 18.5 Å². The minimum absolute atomic E-state index is 0.637. The monoisotopic (exact) mass is 194 g/mol. The fourth-order valence-electron chi connectivity index (χ4n) is 2.19. The summed E-state index contributed by atoms with van der Waals surface area (Å²) in [7, 11) is 0. The normalized spacial score (nSPS) is 23.1. The predicted octanol–water partition coefficient (Wildman–Crippen LogP) is 0.306. The van der Waals surface area contributed by atoms with E-state index in [2.05, 4.69) is 10.00 Å². The molecule has 2 rings (SSSR count). The van der Waals surface area contributed by atoms with Crippen molar-refractivity contribution in [2.75, 3.05) is 19.6 Å². The molecule has 1 unspecified atom stereocenters. The lowest BCUT2D eigenvalue weighted by Gasteiger charge is -2.23. The number of likely N-dealkylation sites (tertiary alicyclic amines) is 1. The van der Waals surface area contributed by atoms with E-state index < -0.39 is 0 Å². The summed E-state index contributed by atoms with van der Waals surface area (Å²) in [6.45, 7) is 3.98.